The minimum atomic E-state index is -0.0687. The molecule has 0 aliphatic heterocycles. The summed E-state index contributed by atoms with van der Waals surface area (Å²) in [5, 5.41) is 6.11. The van der Waals surface area contributed by atoms with Crippen molar-refractivity contribution in [2.45, 2.75) is 19.8 Å². The Morgan fingerprint density at radius 1 is 1.26 bits per heavy atom. The van der Waals surface area contributed by atoms with Gasteiger partial charge in [0.25, 0.3) is 0 Å². The number of hydrogen-bond acceptors (Lipinski definition) is 5. The highest BCUT2D eigenvalue weighted by Crippen LogP contribution is 2.31. The molecule has 118 valence electrons. The van der Waals surface area contributed by atoms with Gasteiger partial charge < -0.3 is 9.26 Å². The molecule has 0 atom stereocenters. The molecule has 0 radical (unpaired) electrons. The lowest BCUT2D eigenvalue weighted by Crippen LogP contribution is -2.05. The quantitative estimate of drug-likeness (QED) is 0.621. The second-order valence-electron chi connectivity index (χ2n) is 5.11. The third-order valence-electron chi connectivity index (χ3n) is 3.57. The summed E-state index contributed by atoms with van der Waals surface area (Å²) in [5.74, 6) is 1.30. The van der Waals surface area contributed by atoms with E-state index in [0.29, 0.717) is 29.0 Å². The topological polar surface area (TPSA) is 52.3 Å². The fourth-order valence-corrected chi connectivity index (χ4v) is 3.14. The van der Waals surface area contributed by atoms with E-state index in [1.807, 2.05) is 17.5 Å². The van der Waals surface area contributed by atoms with Gasteiger partial charge in [0.05, 0.1) is 17.6 Å². The number of benzene rings is 1. The third kappa shape index (κ3) is 3.05. The molecule has 0 N–H and O–H groups in total. The van der Waals surface area contributed by atoms with E-state index in [-0.39, 0.29) is 5.78 Å². The van der Waals surface area contributed by atoms with Crippen LogP contribution in [0.4, 0.5) is 0 Å². The molecule has 0 bridgehead atoms. The van der Waals surface area contributed by atoms with Crippen molar-refractivity contribution < 1.29 is 14.1 Å². The molecule has 0 saturated carbocycles. The summed E-state index contributed by atoms with van der Waals surface area (Å²) in [6, 6.07) is 11.0. The Balaban J connectivity index is 2.05. The van der Waals surface area contributed by atoms with Gasteiger partial charge in [-0.25, -0.2) is 0 Å². The first-order valence-corrected chi connectivity index (χ1v) is 8.33. The van der Waals surface area contributed by atoms with Gasteiger partial charge in [-0.15, -0.1) is 11.3 Å². The maximum Gasteiger partial charge on any atom is 0.198 e. The Morgan fingerprint density at radius 2 is 2.04 bits per heavy atom. The van der Waals surface area contributed by atoms with Gasteiger partial charge >= 0.3 is 0 Å². The maximum absolute atomic E-state index is 13.0. The molecule has 4 nitrogen and oxygen atoms in total. The highest BCUT2D eigenvalue weighted by Gasteiger charge is 2.25. The largest absolute Gasteiger partial charge is 0.497 e. The van der Waals surface area contributed by atoms with Crippen molar-refractivity contribution in [1.82, 2.24) is 5.16 Å². The molecule has 0 aliphatic rings. The Hall–Kier alpha value is -2.40. The molecule has 23 heavy (non-hydrogen) atoms. The molecule has 0 aliphatic carbocycles. The SMILES string of the molecule is CCCc1onc(-c2cccs2)c1C(=O)c1ccc(OC)cc1. The first kappa shape index (κ1) is 15.5. The smallest absolute Gasteiger partial charge is 0.198 e. The van der Waals surface area contributed by atoms with Crippen LogP contribution in [0.15, 0.2) is 46.3 Å². The normalized spacial score (nSPS) is 10.7. The number of ketones is 1. The highest BCUT2D eigenvalue weighted by atomic mass is 32.1. The van der Waals surface area contributed by atoms with Crippen LogP contribution in [0.2, 0.25) is 0 Å². The summed E-state index contributed by atoms with van der Waals surface area (Å²) in [6.07, 6.45) is 1.58. The van der Waals surface area contributed by atoms with E-state index in [9.17, 15) is 4.79 Å². The van der Waals surface area contributed by atoms with Crippen LogP contribution < -0.4 is 4.74 Å². The third-order valence-corrected chi connectivity index (χ3v) is 4.45. The van der Waals surface area contributed by atoms with Crippen LogP contribution in [0.3, 0.4) is 0 Å². The Morgan fingerprint density at radius 3 is 2.65 bits per heavy atom. The van der Waals surface area contributed by atoms with Crippen LogP contribution in [0.5, 0.6) is 5.75 Å². The maximum atomic E-state index is 13.0. The van der Waals surface area contributed by atoms with E-state index in [1.54, 1.807) is 42.7 Å². The number of carbonyl (C=O) groups is 1. The fourth-order valence-electron chi connectivity index (χ4n) is 2.42. The van der Waals surface area contributed by atoms with Crippen molar-refractivity contribution in [1.29, 1.82) is 0 Å². The zero-order valence-corrected chi connectivity index (χ0v) is 13.9. The molecule has 0 spiro atoms. The van der Waals surface area contributed by atoms with E-state index in [0.717, 1.165) is 17.0 Å². The molecule has 3 rings (SSSR count). The van der Waals surface area contributed by atoms with Crippen LogP contribution in [0, 0.1) is 0 Å². The first-order chi connectivity index (χ1) is 11.2. The molecule has 3 aromatic rings. The number of ether oxygens (including phenoxy) is 1. The van der Waals surface area contributed by atoms with Crippen molar-refractivity contribution in [3.63, 3.8) is 0 Å². The highest BCUT2D eigenvalue weighted by molar-refractivity contribution is 7.13. The lowest BCUT2D eigenvalue weighted by atomic mass is 9.99. The molecule has 0 amide bonds. The molecule has 2 aromatic heterocycles. The van der Waals surface area contributed by atoms with E-state index in [2.05, 4.69) is 12.1 Å². The summed E-state index contributed by atoms with van der Waals surface area (Å²) in [7, 11) is 1.60. The standard InChI is InChI=1S/C18H17NO3S/c1-3-5-14-16(17(19-22-14)15-6-4-11-23-15)18(20)12-7-9-13(21-2)10-8-12/h4,6-11H,3,5H2,1-2H3. The molecule has 0 fully saturated rings. The number of methoxy groups -OCH3 is 1. The first-order valence-electron chi connectivity index (χ1n) is 7.45. The summed E-state index contributed by atoms with van der Waals surface area (Å²) in [4.78, 5) is 13.9. The predicted octanol–water partition coefficient (Wildman–Crippen LogP) is 4.60. The van der Waals surface area contributed by atoms with E-state index < -0.39 is 0 Å². The van der Waals surface area contributed by atoms with Crippen LogP contribution >= 0.6 is 11.3 Å². The fraction of sp³-hybridized carbons (Fsp3) is 0.222. The van der Waals surface area contributed by atoms with Crippen LogP contribution in [0.1, 0.15) is 35.0 Å². The number of hydrogen-bond donors (Lipinski definition) is 0. The second-order valence-corrected chi connectivity index (χ2v) is 6.06. The van der Waals surface area contributed by atoms with Crippen LogP contribution in [-0.4, -0.2) is 18.0 Å². The van der Waals surface area contributed by atoms with Crippen molar-refractivity contribution in [3.8, 4) is 16.3 Å². The monoisotopic (exact) mass is 327 g/mol. The van der Waals surface area contributed by atoms with Gasteiger partial charge in [0, 0.05) is 12.0 Å². The Labute approximate surface area is 138 Å². The number of aromatic nitrogens is 1. The van der Waals surface area contributed by atoms with E-state index in [4.69, 9.17) is 9.26 Å². The summed E-state index contributed by atoms with van der Waals surface area (Å²) in [6.45, 7) is 2.05. The van der Waals surface area contributed by atoms with E-state index >= 15 is 0 Å². The average molecular weight is 327 g/mol. The number of nitrogens with zero attached hydrogens (tertiary/aromatic N) is 1. The molecule has 0 unspecified atom stereocenters. The lowest BCUT2D eigenvalue weighted by molar-refractivity contribution is 0.103. The van der Waals surface area contributed by atoms with Gasteiger partial charge in [-0.1, -0.05) is 18.1 Å². The van der Waals surface area contributed by atoms with Crippen LogP contribution in [0.25, 0.3) is 10.6 Å². The Kier molecular flexibility index (Phi) is 4.57. The molecular weight excluding hydrogens is 310 g/mol. The van der Waals surface area contributed by atoms with Gasteiger partial charge in [-0.05, 0) is 42.1 Å². The molecule has 5 heteroatoms. The zero-order valence-electron chi connectivity index (χ0n) is 13.0. The zero-order chi connectivity index (χ0) is 16.2. The number of thiophene rings is 1. The number of aryl methyl sites for hydroxylation is 1. The van der Waals surface area contributed by atoms with Crippen LogP contribution in [-0.2, 0) is 6.42 Å². The van der Waals surface area contributed by atoms with Gasteiger partial charge in [0.1, 0.15) is 17.2 Å². The lowest BCUT2D eigenvalue weighted by Gasteiger charge is -2.04. The van der Waals surface area contributed by atoms with Crippen molar-refractivity contribution >= 4 is 17.1 Å². The van der Waals surface area contributed by atoms with E-state index in [1.165, 1.54) is 0 Å². The van der Waals surface area contributed by atoms with Gasteiger partial charge in [-0.3, -0.25) is 4.79 Å². The van der Waals surface area contributed by atoms with Gasteiger partial charge in [0.15, 0.2) is 5.78 Å². The molecule has 1 aromatic carbocycles. The Bertz CT molecular complexity index is 788. The number of carbonyl (C=O) groups excluding carboxylic acids is 1. The van der Waals surface area contributed by atoms with Gasteiger partial charge in [0.2, 0.25) is 0 Å². The van der Waals surface area contributed by atoms with Crippen molar-refractivity contribution in [2.75, 3.05) is 7.11 Å². The predicted molar refractivity (Wildman–Crippen MR) is 90.2 cm³/mol. The minimum absolute atomic E-state index is 0.0687. The second kappa shape index (κ2) is 6.79. The molecular formula is C18H17NO3S. The van der Waals surface area contributed by atoms with Crippen molar-refractivity contribution in [3.05, 3.63) is 58.7 Å². The molecule has 2 heterocycles. The molecule has 0 saturated heterocycles. The summed E-state index contributed by atoms with van der Waals surface area (Å²) in [5.41, 5.74) is 1.80. The van der Waals surface area contributed by atoms with Gasteiger partial charge in [-0.2, -0.15) is 0 Å². The minimum Gasteiger partial charge on any atom is -0.497 e. The number of rotatable bonds is 6. The summed E-state index contributed by atoms with van der Waals surface area (Å²) >= 11 is 1.55. The average Bonchev–Trinajstić information content (AvgIpc) is 3.24. The summed E-state index contributed by atoms with van der Waals surface area (Å²) < 4.78 is 10.6. The van der Waals surface area contributed by atoms with Crippen molar-refractivity contribution in [2.24, 2.45) is 0 Å².